The average molecular weight is 339 g/mol. The van der Waals surface area contributed by atoms with Gasteiger partial charge in [-0.05, 0) is 38.0 Å². The molecule has 5 heteroatoms. The molecule has 0 spiro atoms. The second kappa shape index (κ2) is 5.95. The maximum absolute atomic E-state index is 12.4. The third-order valence-electron chi connectivity index (χ3n) is 3.78. The molecule has 0 aliphatic carbocycles. The quantitative estimate of drug-likeness (QED) is 0.920. The Balaban J connectivity index is 2.33. The standard InChI is InChI=1S/C15H19BrN2O2/c1-4-13-14(19)17-9(2)15(20)18(13)10(3)11-5-7-12(16)8-6-11/h5-10,13H,4H2,1-3H3,(H,17,19). The first-order valence-corrected chi connectivity index (χ1v) is 7.63. The third-order valence-corrected chi connectivity index (χ3v) is 4.31. The van der Waals surface area contributed by atoms with E-state index in [1.807, 2.05) is 38.1 Å². The van der Waals surface area contributed by atoms with Gasteiger partial charge in [0.1, 0.15) is 12.1 Å². The van der Waals surface area contributed by atoms with E-state index in [9.17, 15) is 9.59 Å². The fraction of sp³-hybridized carbons (Fsp3) is 0.467. The van der Waals surface area contributed by atoms with Gasteiger partial charge in [0.2, 0.25) is 11.8 Å². The number of benzene rings is 1. The largest absolute Gasteiger partial charge is 0.343 e. The molecule has 1 aromatic rings. The molecular formula is C15H19BrN2O2. The van der Waals surface area contributed by atoms with E-state index in [2.05, 4.69) is 21.2 Å². The van der Waals surface area contributed by atoms with E-state index in [-0.39, 0.29) is 17.9 Å². The number of nitrogens with one attached hydrogen (secondary N) is 1. The van der Waals surface area contributed by atoms with Crippen molar-refractivity contribution >= 4 is 27.7 Å². The topological polar surface area (TPSA) is 49.4 Å². The van der Waals surface area contributed by atoms with Crippen LogP contribution in [0.3, 0.4) is 0 Å². The summed E-state index contributed by atoms with van der Waals surface area (Å²) in [5.41, 5.74) is 1.03. The minimum Gasteiger partial charge on any atom is -0.343 e. The van der Waals surface area contributed by atoms with Crippen molar-refractivity contribution in [1.82, 2.24) is 10.2 Å². The van der Waals surface area contributed by atoms with E-state index in [0.717, 1.165) is 10.0 Å². The van der Waals surface area contributed by atoms with Crippen molar-refractivity contribution in [2.24, 2.45) is 0 Å². The summed E-state index contributed by atoms with van der Waals surface area (Å²) in [5, 5.41) is 2.74. The number of hydrogen-bond acceptors (Lipinski definition) is 2. The van der Waals surface area contributed by atoms with Crippen LogP contribution >= 0.6 is 15.9 Å². The van der Waals surface area contributed by atoms with Gasteiger partial charge < -0.3 is 10.2 Å². The summed E-state index contributed by atoms with van der Waals surface area (Å²) in [4.78, 5) is 26.2. The van der Waals surface area contributed by atoms with Gasteiger partial charge in [-0.3, -0.25) is 9.59 Å². The molecule has 1 saturated heterocycles. The van der Waals surface area contributed by atoms with Crippen molar-refractivity contribution in [2.45, 2.75) is 45.3 Å². The lowest BCUT2D eigenvalue weighted by Crippen LogP contribution is -2.62. The molecule has 0 bridgehead atoms. The molecule has 4 nitrogen and oxygen atoms in total. The van der Waals surface area contributed by atoms with E-state index in [1.165, 1.54) is 0 Å². The number of halogens is 1. The van der Waals surface area contributed by atoms with E-state index in [4.69, 9.17) is 0 Å². The zero-order chi connectivity index (χ0) is 14.9. The molecule has 1 fully saturated rings. The van der Waals surface area contributed by atoms with Crippen LogP contribution in [0.25, 0.3) is 0 Å². The molecule has 1 heterocycles. The lowest BCUT2D eigenvalue weighted by molar-refractivity contribution is -0.151. The van der Waals surface area contributed by atoms with E-state index in [1.54, 1.807) is 11.8 Å². The monoisotopic (exact) mass is 338 g/mol. The lowest BCUT2D eigenvalue weighted by Gasteiger charge is -2.41. The van der Waals surface area contributed by atoms with Crippen LogP contribution in [-0.2, 0) is 9.59 Å². The second-order valence-corrected chi connectivity index (χ2v) is 6.04. The first-order chi connectivity index (χ1) is 9.45. The molecule has 1 N–H and O–H groups in total. The SMILES string of the molecule is CCC1C(=O)NC(C)C(=O)N1C(C)c1ccc(Br)cc1. The first-order valence-electron chi connectivity index (χ1n) is 6.83. The smallest absolute Gasteiger partial charge is 0.246 e. The van der Waals surface area contributed by atoms with Gasteiger partial charge in [0.15, 0.2) is 0 Å². The molecule has 3 unspecified atom stereocenters. The van der Waals surface area contributed by atoms with Gasteiger partial charge in [-0.25, -0.2) is 0 Å². The molecular weight excluding hydrogens is 320 g/mol. The van der Waals surface area contributed by atoms with Crippen LogP contribution < -0.4 is 5.32 Å². The molecule has 0 saturated carbocycles. The lowest BCUT2D eigenvalue weighted by atomic mass is 9.99. The van der Waals surface area contributed by atoms with Crippen LogP contribution in [-0.4, -0.2) is 28.8 Å². The maximum atomic E-state index is 12.4. The predicted octanol–water partition coefficient (Wildman–Crippen LogP) is 2.64. The number of rotatable bonds is 3. The summed E-state index contributed by atoms with van der Waals surface area (Å²) in [5.74, 6) is -0.0876. The Morgan fingerprint density at radius 2 is 1.90 bits per heavy atom. The Kier molecular flexibility index (Phi) is 4.48. The molecule has 1 aromatic carbocycles. The molecule has 1 aliphatic rings. The number of hydrogen-bond donors (Lipinski definition) is 1. The Morgan fingerprint density at radius 3 is 2.45 bits per heavy atom. The van der Waals surface area contributed by atoms with Gasteiger partial charge in [0.25, 0.3) is 0 Å². The molecule has 1 aliphatic heterocycles. The van der Waals surface area contributed by atoms with Crippen molar-refractivity contribution in [1.29, 1.82) is 0 Å². The molecule has 0 radical (unpaired) electrons. The van der Waals surface area contributed by atoms with Gasteiger partial charge >= 0.3 is 0 Å². The highest BCUT2D eigenvalue weighted by Gasteiger charge is 2.40. The van der Waals surface area contributed by atoms with E-state index >= 15 is 0 Å². The van der Waals surface area contributed by atoms with Crippen LogP contribution in [0.2, 0.25) is 0 Å². The van der Waals surface area contributed by atoms with E-state index < -0.39 is 12.1 Å². The van der Waals surface area contributed by atoms with Crippen LogP contribution in [0.5, 0.6) is 0 Å². The zero-order valence-corrected chi connectivity index (χ0v) is 13.5. The number of amides is 2. The first kappa shape index (κ1) is 15.0. The zero-order valence-electron chi connectivity index (χ0n) is 11.9. The van der Waals surface area contributed by atoms with Gasteiger partial charge in [-0.1, -0.05) is 35.0 Å². The predicted molar refractivity (Wildman–Crippen MR) is 81.1 cm³/mol. The fourth-order valence-corrected chi connectivity index (χ4v) is 2.88. The Bertz CT molecular complexity index is 515. The number of piperazine rings is 1. The van der Waals surface area contributed by atoms with Crippen molar-refractivity contribution in [3.63, 3.8) is 0 Å². The molecule has 108 valence electrons. The summed E-state index contributed by atoms with van der Waals surface area (Å²) in [6.45, 7) is 5.62. The van der Waals surface area contributed by atoms with Crippen molar-refractivity contribution < 1.29 is 9.59 Å². The third kappa shape index (κ3) is 2.73. The van der Waals surface area contributed by atoms with Crippen LogP contribution in [0, 0.1) is 0 Å². The molecule has 2 amide bonds. The molecule has 3 atom stereocenters. The second-order valence-electron chi connectivity index (χ2n) is 5.13. The van der Waals surface area contributed by atoms with Crippen LogP contribution in [0.4, 0.5) is 0 Å². The van der Waals surface area contributed by atoms with Crippen molar-refractivity contribution in [3.8, 4) is 0 Å². The van der Waals surface area contributed by atoms with Crippen molar-refractivity contribution in [3.05, 3.63) is 34.3 Å². The highest BCUT2D eigenvalue weighted by atomic mass is 79.9. The summed E-state index contributed by atoms with van der Waals surface area (Å²) >= 11 is 3.40. The number of carbonyl (C=O) groups excluding carboxylic acids is 2. The maximum Gasteiger partial charge on any atom is 0.246 e. The Labute approximate surface area is 127 Å². The molecule has 20 heavy (non-hydrogen) atoms. The molecule has 0 aromatic heterocycles. The number of nitrogens with zero attached hydrogens (tertiary/aromatic N) is 1. The minimum absolute atomic E-state index is 0.0214. The van der Waals surface area contributed by atoms with Crippen LogP contribution in [0.15, 0.2) is 28.7 Å². The minimum atomic E-state index is -0.455. The Hall–Kier alpha value is -1.36. The normalized spacial score (nSPS) is 24.5. The average Bonchev–Trinajstić information content (AvgIpc) is 2.42. The highest BCUT2D eigenvalue weighted by molar-refractivity contribution is 9.10. The van der Waals surface area contributed by atoms with Gasteiger partial charge in [-0.15, -0.1) is 0 Å². The summed E-state index contributed by atoms with van der Waals surface area (Å²) in [6.07, 6.45) is 0.616. The highest BCUT2D eigenvalue weighted by Crippen LogP contribution is 2.27. The summed E-state index contributed by atoms with van der Waals surface area (Å²) in [6, 6.07) is 6.89. The van der Waals surface area contributed by atoms with Crippen molar-refractivity contribution in [2.75, 3.05) is 0 Å². The molecule has 2 rings (SSSR count). The summed E-state index contributed by atoms with van der Waals surface area (Å²) in [7, 11) is 0. The van der Waals surface area contributed by atoms with Gasteiger partial charge in [0, 0.05) is 4.47 Å². The number of carbonyl (C=O) groups is 2. The van der Waals surface area contributed by atoms with Crippen LogP contribution in [0.1, 0.15) is 38.8 Å². The Morgan fingerprint density at radius 1 is 1.30 bits per heavy atom. The summed E-state index contributed by atoms with van der Waals surface area (Å²) < 4.78 is 0.997. The van der Waals surface area contributed by atoms with Gasteiger partial charge in [-0.2, -0.15) is 0 Å². The van der Waals surface area contributed by atoms with Gasteiger partial charge in [0.05, 0.1) is 6.04 Å². The fourth-order valence-electron chi connectivity index (χ4n) is 2.62. The van der Waals surface area contributed by atoms with E-state index in [0.29, 0.717) is 6.42 Å².